The van der Waals surface area contributed by atoms with Gasteiger partial charge in [0.1, 0.15) is 0 Å². The molecule has 0 heterocycles. The van der Waals surface area contributed by atoms with Crippen LogP contribution in [0.2, 0.25) is 0 Å². The molecule has 0 radical (unpaired) electrons. The van der Waals surface area contributed by atoms with Crippen LogP contribution in [-0.2, 0) is 16.2 Å². The highest BCUT2D eigenvalue weighted by Crippen LogP contribution is 2.56. The largest absolute Gasteiger partial charge is 0.309 e. The second-order valence-electron chi connectivity index (χ2n) is 29.2. The summed E-state index contributed by atoms with van der Waals surface area (Å²) in [5.74, 6) is 0. The molecule has 0 aliphatic heterocycles. The molecule has 0 spiro atoms. The number of fused-ring (bicyclic) bond motifs is 17. The maximum absolute atomic E-state index is 2.51. The Hall–Kier alpha value is -11.8. The Bertz CT molecular complexity index is 5780. The van der Waals surface area contributed by atoms with Gasteiger partial charge in [0.2, 0.25) is 0 Å². The highest BCUT2D eigenvalue weighted by molar-refractivity contribution is 6.17. The van der Waals surface area contributed by atoms with E-state index < -0.39 is 0 Å². The van der Waals surface area contributed by atoms with Gasteiger partial charge < -0.3 is 9.80 Å². The maximum atomic E-state index is 2.51. The van der Waals surface area contributed by atoms with Crippen LogP contribution in [0, 0.1) is 0 Å². The fraction of sp³-hybridized carbons (Fsp3) is 0.0928. The number of rotatable bonds is 10. The molecule has 16 aromatic carbocycles. The second-order valence-corrected chi connectivity index (χ2v) is 29.2. The Morgan fingerprint density at radius 2 is 0.465 bits per heavy atom. The third kappa shape index (κ3) is 9.16. The van der Waals surface area contributed by atoms with E-state index in [0.717, 1.165) is 22.7 Å². The minimum Gasteiger partial charge on any atom is -0.309 e. The molecule has 3 aliphatic rings. The quantitative estimate of drug-likeness (QED) is 0.0995. The molecule has 19 rings (SSSR count). The van der Waals surface area contributed by atoms with Gasteiger partial charge in [0, 0.05) is 49.2 Å². The van der Waals surface area contributed by atoms with Crippen molar-refractivity contribution in [3.05, 3.63) is 359 Å². The predicted molar refractivity (Wildman–Crippen MR) is 424 cm³/mol. The molecule has 0 N–H and O–H groups in total. The minimum absolute atomic E-state index is 0.183. The zero-order chi connectivity index (χ0) is 66.5. The van der Waals surface area contributed by atoms with Crippen LogP contribution in [0.5, 0.6) is 0 Å². The van der Waals surface area contributed by atoms with Crippen LogP contribution in [0.4, 0.5) is 34.1 Å². The molecule has 0 fully saturated rings. The summed E-state index contributed by atoms with van der Waals surface area (Å²) in [6.45, 7) is 14.4. The van der Waals surface area contributed by atoms with Crippen LogP contribution < -0.4 is 9.80 Å². The molecule has 3 aliphatic carbocycles. The molecule has 0 amide bonds. The zero-order valence-corrected chi connectivity index (χ0v) is 56.6. The lowest BCUT2D eigenvalue weighted by atomic mass is 9.81. The van der Waals surface area contributed by atoms with Gasteiger partial charge >= 0.3 is 0 Å². The van der Waals surface area contributed by atoms with Crippen LogP contribution in [0.1, 0.15) is 97.2 Å². The van der Waals surface area contributed by atoms with Gasteiger partial charge in [-0.25, -0.2) is 0 Å². The molecule has 470 valence electrons. The van der Waals surface area contributed by atoms with Crippen molar-refractivity contribution >= 4 is 123 Å². The standard InChI is InChI=1S/C97H72N2/c1-95(2)85-53-61(37-39-63-43-49-79-81-51-45-69(59-89(81)96(3,4)87(79)55-63)98(91-35-19-25-65-21-7-13-29-73(65)91)93-57-67-23-9-11-27-71(67)75-31-15-17-33-83(75)93)41-47-77(85)78-48-42-62(54-86(78)95)38-40-64-44-50-80-82-52-46-70(60-90(82)97(5,6)88(80)56-64)99(92-36-20-26-66-22-8-14-30-74(66)92)94-58-68-24-10-12-28-72(68)76-32-16-18-34-84(76)94/h7-60H,1-6H3. The van der Waals surface area contributed by atoms with E-state index in [9.17, 15) is 0 Å². The van der Waals surface area contributed by atoms with Gasteiger partial charge in [0.15, 0.2) is 0 Å². The second kappa shape index (κ2) is 22.1. The monoisotopic (exact) mass is 1260 g/mol. The van der Waals surface area contributed by atoms with E-state index in [4.69, 9.17) is 0 Å². The van der Waals surface area contributed by atoms with Crippen molar-refractivity contribution in [2.45, 2.75) is 57.8 Å². The van der Waals surface area contributed by atoms with Gasteiger partial charge in [-0.15, -0.1) is 0 Å². The first kappa shape index (κ1) is 58.5. The highest BCUT2D eigenvalue weighted by atomic mass is 15.2. The molecule has 16 aromatic rings. The topological polar surface area (TPSA) is 6.48 Å². The third-order valence-corrected chi connectivity index (χ3v) is 22.5. The number of hydrogen-bond donors (Lipinski definition) is 0. The molecule has 0 bridgehead atoms. The van der Waals surface area contributed by atoms with Crippen molar-refractivity contribution in [1.29, 1.82) is 0 Å². The van der Waals surface area contributed by atoms with E-state index in [1.165, 1.54) is 165 Å². The summed E-state index contributed by atoms with van der Waals surface area (Å²) in [5.41, 5.74) is 27.1. The Morgan fingerprint density at radius 1 is 0.202 bits per heavy atom. The Balaban J connectivity index is 0.593. The summed E-state index contributed by atoms with van der Waals surface area (Å²) in [6, 6.07) is 114. The van der Waals surface area contributed by atoms with Crippen LogP contribution >= 0.6 is 0 Å². The van der Waals surface area contributed by atoms with Crippen molar-refractivity contribution in [2.24, 2.45) is 0 Å². The van der Waals surface area contributed by atoms with E-state index in [0.29, 0.717) is 0 Å². The van der Waals surface area contributed by atoms with Crippen LogP contribution in [0.15, 0.2) is 303 Å². The van der Waals surface area contributed by atoms with Gasteiger partial charge in [-0.1, -0.05) is 321 Å². The first-order valence-electron chi connectivity index (χ1n) is 34.9. The van der Waals surface area contributed by atoms with Gasteiger partial charge in [0.05, 0.1) is 22.7 Å². The molecule has 0 aromatic heterocycles. The molecule has 0 unspecified atom stereocenters. The summed E-state index contributed by atoms with van der Waals surface area (Å²) < 4.78 is 0. The Labute approximate surface area is 579 Å². The van der Waals surface area contributed by atoms with Crippen LogP contribution in [-0.4, -0.2) is 0 Å². The number of hydrogen-bond acceptors (Lipinski definition) is 2. The SMILES string of the molecule is CC1(C)c2cc(C=Cc3ccc4c(c3)C(C)(C)c3cc(N(c5cccc6ccccc56)c5cc6ccccc6c6ccccc56)ccc3-4)ccc2-c2ccc(C=Cc3ccc4c(c3)C(C)(C)c3cc(N(c5cccc6ccccc56)c5cc6ccccc6c6ccccc56)ccc3-4)cc21. The number of benzene rings is 16. The van der Waals surface area contributed by atoms with Gasteiger partial charge in [-0.05, 0) is 181 Å². The average molecular weight is 1270 g/mol. The van der Waals surface area contributed by atoms with Gasteiger partial charge in [-0.2, -0.15) is 0 Å². The third-order valence-electron chi connectivity index (χ3n) is 22.5. The smallest absolute Gasteiger partial charge is 0.0546 e. The van der Waals surface area contributed by atoms with Gasteiger partial charge in [-0.3, -0.25) is 0 Å². The lowest BCUT2D eigenvalue weighted by Gasteiger charge is -2.30. The molecule has 0 saturated carbocycles. The molecule has 0 saturated heterocycles. The first-order valence-corrected chi connectivity index (χ1v) is 34.9. The van der Waals surface area contributed by atoms with E-state index in [1.807, 2.05) is 0 Å². The summed E-state index contributed by atoms with van der Waals surface area (Å²) in [5, 5.41) is 14.8. The summed E-state index contributed by atoms with van der Waals surface area (Å²) in [7, 11) is 0. The van der Waals surface area contributed by atoms with E-state index in [2.05, 4.69) is 379 Å². The number of anilines is 6. The molecular formula is C97H72N2. The zero-order valence-electron chi connectivity index (χ0n) is 56.6. The summed E-state index contributed by atoms with van der Waals surface area (Å²) >= 11 is 0. The molecule has 2 heteroatoms. The van der Waals surface area contributed by atoms with Crippen LogP contribution in [0.3, 0.4) is 0 Å². The van der Waals surface area contributed by atoms with Crippen molar-refractivity contribution < 1.29 is 0 Å². The van der Waals surface area contributed by atoms with Crippen molar-refractivity contribution in [3.63, 3.8) is 0 Å². The molecule has 0 atom stereocenters. The van der Waals surface area contributed by atoms with E-state index in [-0.39, 0.29) is 16.2 Å². The van der Waals surface area contributed by atoms with Crippen molar-refractivity contribution in [2.75, 3.05) is 9.80 Å². The van der Waals surface area contributed by atoms with E-state index >= 15 is 0 Å². The van der Waals surface area contributed by atoms with Crippen LogP contribution in [0.25, 0.3) is 122 Å². The first-order chi connectivity index (χ1) is 48.3. The number of nitrogens with zero attached hydrogens (tertiary/aromatic N) is 2. The fourth-order valence-corrected chi connectivity index (χ4v) is 17.4. The predicted octanol–water partition coefficient (Wildman–Crippen LogP) is 26.8. The molecular weight excluding hydrogens is 1190 g/mol. The minimum atomic E-state index is -0.242. The summed E-state index contributed by atoms with van der Waals surface area (Å²) in [4.78, 5) is 5.02. The fourth-order valence-electron chi connectivity index (χ4n) is 17.4. The maximum Gasteiger partial charge on any atom is 0.0546 e. The lowest BCUT2D eigenvalue weighted by molar-refractivity contribution is 0.660. The van der Waals surface area contributed by atoms with Crippen molar-refractivity contribution in [1.82, 2.24) is 0 Å². The lowest BCUT2D eigenvalue weighted by Crippen LogP contribution is -2.17. The molecule has 99 heavy (non-hydrogen) atoms. The summed E-state index contributed by atoms with van der Waals surface area (Å²) in [6.07, 6.45) is 9.23. The average Bonchev–Trinajstić information content (AvgIpc) is 1.70. The van der Waals surface area contributed by atoms with Gasteiger partial charge in [0.25, 0.3) is 0 Å². The highest BCUT2D eigenvalue weighted by Gasteiger charge is 2.39. The van der Waals surface area contributed by atoms with E-state index in [1.54, 1.807) is 0 Å². The Kier molecular flexibility index (Phi) is 13.1. The Morgan fingerprint density at radius 3 is 0.808 bits per heavy atom. The molecule has 2 nitrogen and oxygen atoms in total. The van der Waals surface area contributed by atoms with Crippen molar-refractivity contribution in [3.8, 4) is 33.4 Å². The normalized spacial score (nSPS) is 14.3.